The van der Waals surface area contributed by atoms with Gasteiger partial charge in [-0.25, -0.2) is 0 Å². The van der Waals surface area contributed by atoms with Gasteiger partial charge in [-0.15, -0.1) is 12.6 Å². The molecular formula is C44H36N2S. The molecule has 0 atom stereocenters. The number of anilines is 6. The van der Waals surface area contributed by atoms with Crippen LogP contribution in [0.5, 0.6) is 0 Å². The van der Waals surface area contributed by atoms with Gasteiger partial charge in [-0.2, -0.15) is 0 Å². The highest BCUT2D eigenvalue weighted by atomic mass is 32.1. The van der Waals surface area contributed by atoms with E-state index in [2.05, 4.69) is 201 Å². The number of rotatable bonds is 6. The van der Waals surface area contributed by atoms with Gasteiger partial charge in [-0.3, -0.25) is 0 Å². The van der Waals surface area contributed by atoms with Crippen molar-refractivity contribution in [2.45, 2.75) is 31.1 Å². The predicted molar refractivity (Wildman–Crippen MR) is 203 cm³/mol. The Morgan fingerprint density at radius 2 is 0.979 bits per heavy atom. The molecule has 1 aliphatic carbocycles. The Bertz CT molecular complexity index is 2220. The van der Waals surface area contributed by atoms with Crippen molar-refractivity contribution in [3.8, 4) is 11.1 Å². The largest absolute Gasteiger partial charge is 0.310 e. The maximum absolute atomic E-state index is 4.56. The Hall–Kier alpha value is -5.25. The molecule has 0 heterocycles. The van der Waals surface area contributed by atoms with Crippen molar-refractivity contribution in [1.29, 1.82) is 0 Å². The SMILES string of the molecule is Cc1ccc(N(c2ccccc2)c2cc3c(c4ccccc24)-c2ccc(N(c4ccccc4)c4ccc(S)cc4)cc2C3(C)C)cc1. The molecule has 228 valence electrons. The molecule has 0 aliphatic heterocycles. The summed E-state index contributed by atoms with van der Waals surface area (Å²) in [6, 6.07) is 57.0. The maximum atomic E-state index is 4.56. The molecule has 47 heavy (non-hydrogen) atoms. The second-order valence-electron chi connectivity index (χ2n) is 12.9. The monoisotopic (exact) mass is 624 g/mol. The lowest BCUT2D eigenvalue weighted by Crippen LogP contribution is -2.18. The summed E-state index contributed by atoms with van der Waals surface area (Å²) in [6.07, 6.45) is 0. The fourth-order valence-electron chi connectivity index (χ4n) is 7.20. The lowest BCUT2D eigenvalue weighted by Gasteiger charge is -2.30. The van der Waals surface area contributed by atoms with Crippen molar-refractivity contribution < 1.29 is 0 Å². The van der Waals surface area contributed by atoms with Crippen molar-refractivity contribution in [3.63, 3.8) is 0 Å². The number of thiol groups is 1. The molecule has 7 aromatic rings. The van der Waals surface area contributed by atoms with Crippen LogP contribution in [0.3, 0.4) is 0 Å². The number of aryl methyl sites for hydroxylation is 1. The first-order chi connectivity index (χ1) is 22.9. The number of hydrogen-bond donors (Lipinski definition) is 1. The van der Waals surface area contributed by atoms with E-state index in [1.165, 1.54) is 44.3 Å². The van der Waals surface area contributed by atoms with E-state index in [0.29, 0.717) is 0 Å². The van der Waals surface area contributed by atoms with Gasteiger partial charge in [0.1, 0.15) is 0 Å². The zero-order valence-corrected chi connectivity index (χ0v) is 27.7. The molecule has 0 spiro atoms. The van der Waals surface area contributed by atoms with Gasteiger partial charge in [0, 0.05) is 44.1 Å². The van der Waals surface area contributed by atoms with E-state index >= 15 is 0 Å². The number of para-hydroxylation sites is 2. The smallest absolute Gasteiger partial charge is 0.0543 e. The minimum Gasteiger partial charge on any atom is -0.310 e. The molecule has 0 fully saturated rings. The third-order valence-electron chi connectivity index (χ3n) is 9.57. The highest BCUT2D eigenvalue weighted by Crippen LogP contribution is 2.55. The Kier molecular flexibility index (Phi) is 7.15. The van der Waals surface area contributed by atoms with E-state index in [4.69, 9.17) is 0 Å². The van der Waals surface area contributed by atoms with Crippen molar-refractivity contribution in [2.24, 2.45) is 0 Å². The zero-order chi connectivity index (χ0) is 32.1. The van der Waals surface area contributed by atoms with E-state index in [0.717, 1.165) is 33.3 Å². The van der Waals surface area contributed by atoms with E-state index in [1.807, 2.05) is 0 Å². The average molecular weight is 625 g/mol. The van der Waals surface area contributed by atoms with Crippen LogP contribution in [0.4, 0.5) is 34.1 Å². The molecular weight excluding hydrogens is 589 g/mol. The predicted octanol–water partition coefficient (Wildman–Crippen LogP) is 12.7. The maximum Gasteiger partial charge on any atom is 0.0543 e. The summed E-state index contributed by atoms with van der Waals surface area (Å²) in [4.78, 5) is 5.70. The van der Waals surface area contributed by atoms with Gasteiger partial charge in [0.25, 0.3) is 0 Å². The van der Waals surface area contributed by atoms with Crippen LogP contribution < -0.4 is 9.80 Å². The fourth-order valence-corrected chi connectivity index (χ4v) is 7.35. The first-order valence-corrected chi connectivity index (χ1v) is 16.6. The second-order valence-corrected chi connectivity index (χ2v) is 13.4. The Morgan fingerprint density at radius 3 is 1.64 bits per heavy atom. The molecule has 3 heteroatoms. The standard InChI is InChI=1S/C44H36N2S/c1-30-18-20-34(21-19-30)46(32-14-8-5-9-15-32)42-29-41-43(38-17-11-10-16-37(38)42)39-27-24-35(28-40(39)44(41,2)3)45(31-12-6-4-7-13-31)33-22-25-36(47)26-23-33/h4-29,47H,1-3H3. The minimum absolute atomic E-state index is 0.230. The van der Waals surface area contributed by atoms with E-state index < -0.39 is 0 Å². The molecule has 2 nitrogen and oxygen atoms in total. The molecule has 8 rings (SSSR count). The molecule has 0 saturated heterocycles. The molecule has 0 saturated carbocycles. The summed E-state index contributed by atoms with van der Waals surface area (Å²) >= 11 is 4.56. The third kappa shape index (κ3) is 4.99. The van der Waals surface area contributed by atoms with E-state index in [1.54, 1.807) is 0 Å². The molecule has 0 N–H and O–H groups in total. The third-order valence-corrected chi connectivity index (χ3v) is 9.87. The van der Waals surface area contributed by atoms with Crippen LogP contribution >= 0.6 is 12.6 Å². The fraction of sp³-hybridized carbons (Fsp3) is 0.0909. The highest BCUT2D eigenvalue weighted by molar-refractivity contribution is 7.80. The Morgan fingerprint density at radius 1 is 0.468 bits per heavy atom. The lowest BCUT2D eigenvalue weighted by atomic mass is 9.81. The zero-order valence-electron chi connectivity index (χ0n) is 26.9. The van der Waals surface area contributed by atoms with Gasteiger partial charge < -0.3 is 9.80 Å². The molecule has 0 amide bonds. The van der Waals surface area contributed by atoms with E-state index in [-0.39, 0.29) is 5.41 Å². The second kappa shape index (κ2) is 11.5. The first-order valence-electron chi connectivity index (χ1n) is 16.2. The van der Waals surface area contributed by atoms with Crippen LogP contribution in [0.25, 0.3) is 21.9 Å². The molecule has 7 aromatic carbocycles. The van der Waals surface area contributed by atoms with Crippen molar-refractivity contribution in [3.05, 3.63) is 174 Å². The van der Waals surface area contributed by atoms with Crippen LogP contribution in [-0.2, 0) is 5.41 Å². The molecule has 0 unspecified atom stereocenters. The normalized spacial score (nSPS) is 12.9. The lowest BCUT2D eigenvalue weighted by molar-refractivity contribution is 0.661. The van der Waals surface area contributed by atoms with Gasteiger partial charge in [0.15, 0.2) is 0 Å². The average Bonchev–Trinajstić information content (AvgIpc) is 3.33. The number of hydrogen-bond acceptors (Lipinski definition) is 3. The van der Waals surface area contributed by atoms with Gasteiger partial charge in [-0.05, 0) is 113 Å². The number of benzene rings is 7. The molecule has 0 bridgehead atoms. The van der Waals surface area contributed by atoms with Crippen LogP contribution in [0.2, 0.25) is 0 Å². The summed E-state index contributed by atoms with van der Waals surface area (Å²) in [5, 5.41) is 2.51. The van der Waals surface area contributed by atoms with Crippen LogP contribution in [-0.4, -0.2) is 0 Å². The summed E-state index contributed by atoms with van der Waals surface area (Å²) in [6.45, 7) is 6.90. The van der Waals surface area contributed by atoms with Crippen LogP contribution in [0, 0.1) is 6.92 Å². The van der Waals surface area contributed by atoms with Gasteiger partial charge in [-0.1, -0.05) is 98.3 Å². The summed E-state index contributed by atoms with van der Waals surface area (Å²) in [5.74, 6) is 0. The van der Waals surface area contributed by atoms with Gasteiger partial charge in [0.2, 0.25) is 0 Å². The Labute approximate surface area is 283 Å². The van der Waals surface area contributed by atoms with E-state index in [9.17, 15) is 0 Å². The molecule has 0 radical (unpaired) electrons. The van der Waals surface area contributed by atoms with Gasteiger partial charge in [0.05, 0.1) is 5.69 Å². The van der Waals surface area contributed by atoms with Crippen molar-refractivity contribution >= 4 is 57.5 Å². The topological polar surface area (TPSA) is 6.48 Å². The summed E-state index contributed by atoms with van der Waals surface area (Å²) in [5.41, 5.74) is 13.2. The summed E-state index contributed by atoms with van der Waals surface area (Å²) < 4.78 is 0. The first kappa shape index (κ1) is 29.2. The Balaban J connectivity index is 1.34. The molecule has 0 aromatic heterocycles. The van der Waals surface area contributed by atoms with Crippen molar-refractivity contribution in [2.75, 3.05) is 9.80 Å². The highest BCUT2D eigenvalue weighted by Gasteiger charge is 2.38. The van der Waals surface area contributed by atoms with Crippen molar-refractivity contribution in [1.82, 2.24) is 0 Å². The molecule has 1 aliphatic rings. The van der Waals surface area contributed by atoms with Crippen LogP contribution in [0.1, 0.15) is 30.5 Å². The van der Waals surface area contributed by atoms with Gasteiger partial charge >= 0.3 is 0 Å². The number of fused-ring (bicyclic) bond motifs is 5. The quantitative estimate of drug-likeness (QED) is 0.184. The minimum atomic E-state index is -0.230. The summed E-state index contributed by atoms with van der Waals surface area (Å²) in [7, 11) is 0. The number of nitrogens with zero attached hydrogens (tertiary/aromatic N) is 2. The van der Waals surface area contributed by atoms with Crippen LogP contribution in [0.15, 0.2) is 163 Å².